The van der Waals surface area contributed by atoms with E-state index in [-0.39, 0.29) is 5.97 Å². The van der Waals surface area contributed by atoms with Crippen molar-refractivity contribution in [2.75, 3.05) is 26.9 Å². The first-order valence-corrected chi connectivity index (χ1v) is 12.0. The minimum absolute atomic E-state index is 0.337. The normalized spacial score (nSPS) is 11.5. The number of ether oxygens (including phenoxy) is 4. The second kappa shape index (κ2) is 14.0. The molecule has 0 spiro atoms. The number of benzene rings is 3. The van der Waals surface area contributed by atoms with Crippen LogP contribution in [0.25, 0.3) is 11.1 Å². The smallest absolute Gasteiger partial charge is 0.335 e. The quantitative estimate of drug-likeness (QED) is 0.162. The summed E-state index contributed by atoms with van der Waals surface area (Å²) >= 11 is 0. The Balaban J connectivity index is 1.46. The third-order valence-corrected chi connectivity index (χ3v) is 5.53. The molecule has 5 heteroatoms. The molecule has 5 nitrogen and oxygen atoms in total. The largest absolute Gasteiger partial charge is 0.493 e. The lowest BCUT2D eigenvalue weighted by Crippen LogP contribution is -2.27. The van der Waals surface area contributed by atoms with Crippen molar-refractivity contribution >= 4 is 5.97 Å². The molecule has 0 radical (unpaired) electrons. The van der Waals surface area contributed by atoms with Crippen LogP contribution in [0, 0.1) is 0 Å². The van der Waals surface area contributed by atoms with Gasteiger partial charge in [-0.2, -0.15) is 0 Å². The summed E-state index contributed by atoms with van der Waals surface area (Å²) in [6.07, 6.45) is 3.25. The second-order valence-electron chi connectivity index (χ2n) is 8.06. The molecule has 1 atom stereocenters. The molecule has 0 bridgehead atoms. The summed E-state index contributed by atoms with van der Waals surface area (Å²) in [4.78, 5) is 11.9. The Bertz CT molecular complexity index is 1060. The highest BCUT2D eigenvalue weighted by Crippen LogP contribution is 2.27. The first-order chi connectivity index (χ1) is 17.1. The van der Waals surface area contributed by atoms with Crippen molar-refractivity contribution in [1.29, 1.82) is 0 Å². The molecular weight excluding hydrogens is 440 g/mol. The molecule has 35 heavy (non-hydrogen) atoms. The lowest BCUT2D eigenvalue weighted by Gasteiger charge is -2.14. The van der Waals surface area contributed by atoms with Crippen LogP contribution in [0.5, 0.6) is 11.5 Å². The van der Waals surface area contributed by atoms with Gasteiger partial charge in [-0.3, -0.25) is 0 Å². The molecular formula is C30H34O5. The Morgan fingerprint density at radius 1 is 0.943 bits per heavy atom. The van der Waals surface area contributed by atoms with E-state index in [1.165, 1.54) is 18.2 Å². The second-order valence-corrected chi connectivity index (χ2v) is 8.06. The summed E-state index contributed by atoms with van der Waals surface area (Å²) < 4.78 is 22.2. The van der Waals surface area contributed by atoms with E-state index in [0.717, 1.165) is 35.5 Å². The lowest BCUT2D eigenvalue weighted by atomic mass is 10.0. The van der Waals surface area contributed by atoms with E-state index < -0.39 is 6.10 Å². The van der Waals surface area contributed by atoms with Crippen LogP contribution in [0.4, 0.5) is 0 Å². The Morgan fingerprint density at radius 3 is 2.37 bits per heavy atom. The van der Waals surface area contributed by atoms with Gasteiger partial charge in [-0.05, 0) is 59.9 Å². The standard InChI is InChI=1S/C30H34O5/c1-4-10-26-22-25(24-11-7-6-8-12-24)15-18-28(26)35-20-9-19-34-27-16-13-23(14-17-27)21-29(32-3)30(31)33-5-2/h4,6-8,11-18,22,29H,1,5,9-10,19-21H2,2-3H3/t29-/m0/s1. The molecule has 0 amide bonds. The van der Waals surface area contributed by atoms with Gasteiger partial charge < -0.3 is 18.9 Å². The third-order valence-electron chi connectivity index (χ3n) is 5.53. The van der Waals surface area contributed by atoms with Gasteiger partial charge in [0.05, 0.1) is 19.8 Å². The molecule has 0 aliphatic rings. The van der Waals surface area contributed by atoms with Crippen LogP contribution in [0.1, 0.15) is 24.5 Å². The highest BCUT2D eigenvalue weighted by atomic mass is 16.6. The van der Waals surface area contributed by atoms with Gasteiger partial charge >= 0.3 is 5.97 Å². The zero-order valence-electron chi connectivity index (χ0n) is 20.6. The number of rotatable bonds is 14. The third kappa shape index (κ3) is 8.01. The monoisotopic (exact) mass is 474 g/mol. The van der Waals surface area contributed by atoms with Crippen LogP contribution in [0.2, 0.25) is 0 Å². The number of carbonyl (C=O) groups is 1. The first-order valence-electron chi connectivity index (χ1n) is 12.0. The lowest BCUT2D eigenvalue weighted by molar-refractivity contribution is -0.154. The van der Waals surface area contributed by atoms with E-state index in [9.17, 15) is 4.79 Å². The maximum Gasteiger partial charge on any atom is 0.335 e. The molecule has 3 aromatic carbocycles. The van der Waals surface area contributed by atoms with E-state index in [2.05, 4.69) is 30.8 Å². The van der Waals surface area contributed by atoms with Gasteiger partial charge in [-0.15, -0.1) is 6.58 Å². The average molecular weight is 475 g/mol. The number of methoxy groups -OCH3 is 1. The molecule has 0 aliphatic carbocycles. The molecule has 184 valence electrons. The van der Waals surface area contributed by atoms with E-state index >= 15 is 0 Å². The van der Waals surface area contributed by atoms with Crippen LogP contribution >= 0.6 is 0 Å². The van der Waals surface area contributed by atoms with E-state index in [1.54, 1.807) is 6.92 Å². The van der Waals surface area contributed by atoms with Crippen molar-refractivity contribution in [2.24, 2.45) is 0 Å². The van der Waals surface area contributed by atoms with Gasteiger partial charge in [0.1, 0.15) is 11.5 Å². The Kier molecular flexibility index (Phi) is 10.4. The number of hydrogen-bond donors (Lipinski definition) is 0. The summed E-state index contributed by atoms with van der Waals surface area (Å²) in [6.45, 7) is 7.10. The van der Waals surface area contributed by atoms with Crippen LogP contribution in [0.15, 0.2) is 85.5 Å². The fourth-order valence-corrected chi connectivity index (χ4v) is 3.71. The van der Waals surface area contributed by atoms with Crippen molar-refractivity contribution in [3.8, 4) is 22.6 Å². The summed E-state index contributed by atoms with van der Waals surface area (Å²) in [5, 5.41) is 0. The average Bonchev–Trinajstić information content (AvgIpc) is 2.89. The molecule has 0 saturated carbocycles. The molecule has 0 unspecified atom stereocenters. The topological polar surface area (TPSA) is 54.0 Å². The predicted molar refractivity (Wildman–Crippen MR) is 139 cm³/mol. The molecule has 0 N–H and O–H groups in total. The fraction of sp³-hybridized carbons (Fsp3) is 0.300. The van der Waals surface area contributed by atoms with Gasteiger partial charge in [-0.1, -0.05) is 54.6 Å². The van der Waals surface area contributed by atoms with Gasteiger partial charge in [-0.25, -0.2) is 4.79 Å². The summed E-state index contributed by atoms with van der Waals surface area (Å²) in [5.41, 5.74) is 4.45. The fourth-order valence-electron chi connectivity index (χ4n) is 3.71. The Morgan fingerprint density at radius 2 is 1.69 bits per heavy atom. The Hall–Kier alpha value is -3.57. The van der Waals surface area contributed by atoms with Gasteiger partial charge in [0.25, 0.3) is 0 Å². The summed E-state index contributed by atoms with van der Waals surface area (Å²) in [7, 11) is 1.51. The van der Waals surface area contributed by atoms with Crippen molar-refractivity contribution in [3.63, 3.8) is 0 Å². The summed E-state index contributed by atoms with van der Waals surface area (Å²) in [5.74, 6) is 1.31. The van der Waals surface area contributed by atoms with Crippen molar-refractivity contribution in [3.05, 3.63) is 96.6 Å². The van der Waals surface area contributed by atoms with E-state index in [0.29, 0.717) is 26.2 Å². The molecule has 0 aliphatic heterocycles. The van der Waals surface area contributed by atoms with Crippen LogP contribution < -0.4 is 9.47 Å². The highest BCUT2D eigenvalue weighted by molar-refractivity contribution is 5.75. The SMILES string of the molecule is C=CCc1cc(-c2ccccc2)ccc1OCCCOc1ccc(C[C@H](OC)C(=O)OCC)cc1. The summed E-state index contributed by atoms with van der Waals surface area (Å²) in [6, 6.07) is 24.3. The van der Waals surface area contributed by atoms with Gasteiger partial charge in [0.15, 0.2) is 6.10 Å². The van der Waals surface area contributed by atoms with Crippen LogP contribution in [-0.4, -0.2) is 39.0 Å². The zero-order valence-corrected chi connectivity index (χ0v) is 20.6. The van der Waals surface area contributed by atoms with Crippen molar-refractivity contribution in [1.82, 2.24) is 0 Å². The number of carbonyl (C=O) groups excluding carboxylic acids is 1. The van der Waals surface area contributed by atoms with Crippen molar-refractivity contribution in [2.45, 2.75) is 32.3 Å². The zero-order chi connectivity index (χ0) is 24.9. The molecule has 0 saturated heterocycles. The van der Waals surface area contributed by atoms with Crippen LogP contribution in [-0.2, 0) is 27.1 Å². The minimum Gasteiger partial charge on any atom is -0.493 e. The van der Waals surface area contributed by atoms with Crippen LogP contribution in [0.3, 0.4) is 0 Å². The molecule has 0 fully saturated rings. The maximum atomic E-state index is 11.9. The molecule has 3 rings (SSSR count). The first kappa shape index (κ1) is 26.0. The number of hydrogen-bond acceptors (Lipinski definition) is 5. The molecule has 0 heterocycles. The number of esters is 1. The molecule has 0 aromatic heterocycles. The van der Waals surface area contributed by atoms with E-state index in [1.807, 2.05) is 54.6 Å². The number of allylic oxidation sites excluding steroid dienone is 1. The maximum absolute atomic E-state index is 11.9. The minimum atomic E-state index is -0.605. The highest BCUT2D eigenvalue weighted by Gasteiger charge is 2.19. The molecule has 3 aromatic rings. The Labute approximate surface area is 208 Å². The predicted octanol–water partition coefficient (Wildman–Crippen LogP) is 6.05. The van der Waals surface area contributed by atoms with E-state index in [4.69, 9.17) is 18.9 Å². The van der Waals surface area contributed by atoms with Gasteiger partial charge in [0.2, 0.25) is 0 Å². The van der Waals surface area contributed by atoms with Crippen molar-refractivity contribution < 1.29 is 23.7 Å². The van der Waals surface area contributed by atoms with Gasteiger partial charge in [0, 0.05) is 20.0 Å².